The van der Waals surface area contributed by atoms with Gasteiger partial charge in [-0.15, -0.1) is 0 Å². The minimum absolute atomic E-state index is 0.114. The Hall–Kier alpha value is -4.17. The minimum atomic E-state index is -0.313. The van der Waals surface area contributed by atoms with Crippen LogP contribution in [0, 0.1) is 12.7 Å². The van der Waals surface area contributed by atoms with Crippen molar-refractivity contribution in [3.05, 3.63) is 90.4 Å². The number of aliphatic hydroxyl groups is 1. The van der Waals surface area contributed by atoms with Crippen molar-refractivity contribution in [1.82, 2.24) is 18.9 Å². The summed E-state index contributed by atoms with van der Waals surface area (Å²) in [5.74, 6) is 0.157. The van der Waals surface area contributed by atoms with Crippen molar-refractivity contribution in [2.75, 3.05) is 11.1 Å². The van der Waals surface area contributed by atoms with Gasteiger partial charge in [-0.05, 0) is 61.5 Å². The summed E-state index contributed by atoms with van der Waals surface area (Å²) in [4.78, 5) is 8.97. The average molecular weight is 428 g/mol. The zero-order valence-corrected chi connectivity index (χ0v) is 17.3. The summed E-state index contributed by atoms with van der Waals surface area (Å²) in [5, 5.41) is 13.3. The first-order valence-corrected chi connectivity index (χ1v) is 10.1. The number of hydrogen-bond acceptors (Lipinski definition) is 5. The lowest BCUT2D eigenvalue weighted by Crippen LogP contribution is -2.01. The Morgan fingerprint density at radius 2 is 1.94 bits per heavy atom. The van der Waals surface area contributed by atoms with Crippen molar-refractivity contribution in [3.63, 3.8) is 0 Å². The third-order valence-corrected chi connectivity index (χ3v) is 5.32. The topological polar surface area (TPSA) is 93.4 Å². The largest absolute Gasteiger partial charge is 0.392 e. The normalized spacial score (nSPS) is 11.2. The van der Waals surface area contributed by atoms with Gasteiger partial charge in [-0.2, -0.15) is 0 Å². The van der Waals surface area contributed by atoms with E-state index in [0.717, 1.165) is 33.9 Å². The van der Waals surface area contributed by atoms with E-state index in [2.05, 4.69) is 10.3 Å². The quantitative estimate of drug-likeness (QED) is 0.385. The Bertz CT molecular complexity index is 1420. The van der Waals surface area contributed by atoms with Crippen LogP contribution in [0.25, 0.3) is 22.6 Å². The van der Waals surface area contributed by atoms with Crippen molar-refractivity contribution < 1.29 is 9.50 Å². The highest BCUT2D eigenvalue weighted by molar-refractivity contribution is 5.82. The molecule has 160 valence electrons. The van der Waals surface area contributed by atoms with Crippen LogP contribution >= 0.6 is 0 Å². The summed E-state index contributed by atoms with van der Waals surface area (Å²) in [6, 6.07) is 15.6. The van der Waals surface area contributed by atoms with Crippen LogP contribution in [-0.4, -0.2) is 24.0 Å². The molecule has 0 saturated heterocycles. The van der Waals surface area contributed by atoms with Gasteiger partial charge in [-0.3, -0.25) is 4.40 Å². The molecule has 2 aromatic carbocycles. The van der Waals surface area contributed by atoms with Crippen LogP contribution in [-0.2, 0) is 6.61 Å². The van der Waals surface area contributed by atoms with Gasteiger partial charge in [0.1, 0.15) is 17.3 Å². The lowest BCUT2D eigenvalue weighted by molar-refractivity contribution is 0.281. The molecule has 0 amide bonds. The molecule has 5 aromatic rings. The molecule has 0 unspecified atom stereocenters. The van der Waals surface area contributed by atoms with Gasteiger partial charge in [0.2, 0.25) is 0 Å². The summed E-state index contributed by atoms with van der Waals surface area (Å²) in [6.07, 6.45) is 5.47. The van der Waals surface area contributed by atoms with Crippen LogP contribution in [0.1, 0.15) is 11.3 Å². The van der Waals surface area contributed by atoms with E-state index in [1.165, 1.54) is 12.1 Å². The first-order chi connectivity index (χ1) is 15.5. The van der Waals surface area contributed by atoms with Crippen molar-refractivity contribution in [2.45, 2.75) is 13.5 Å². The molecule has 0 atom stereocenters. The number of benzene rings is 2. The number of nitrogens with one attached hydrogen (secondary N) is 1. The molecule has 0 radical (unpaired) electrons. The molecular weight excluding hydrogens is 407 g/mol. The van der Waals surface area contributed by atoms with E-state index in [4.69, 9.17) is 10.7 Å². The number of hydrogen-bond donors (Lipinski definition) is 3. The number of nitrogen functional groups attached to an aromatic ring is 1. The van der Waals surface area contributed by atoms with E-state index in [-0.39, 0.29) is 12.4 Å². The molecule has 4 N–H and O–H groups in total. The van der Waals surface area contributed by atoms with E-state index < -0.39 is 0 Å². The number of imidazole rings is 2. The van der Waals surface area contributed by atoms with E-state index in [1.54, 1.807) is 22.9 Å². The monoisotopic (exact) mass is 428 g/mol. The highest BCUT2D eigenvalue weighted by atomic mass is 19.1. The van der Waals surface area contributed by atoms with Gasteiger partial charge >= 0.3 is 0 Å². The fraction of sp³-hybridized carbons (Fsp3) is 0.0833. The molecule has 7 nitrogen and oxygen atoms in total. The Labute approximate surface area is 183 Å². The molecule has 0 bridgehead atoms. The maximum Gasteiger partial charge on any atom is 0.162 e. The summed E-state index contributed by atoms with van der Waals surface area (Å²) in [5.41, 5.74) is 12.4. The third-order valence-electron chi connectivity index (χ3n) is 5.32. The Balaban J connectivity index is 1.53. The average Bonchev–Trinajstić information content (AvgIpc) is 3.38. The molecular formula is C24H21FN6O. The predicted molar refractivity (Wildman–Crippen MR) is 123 cm³/mol. The fourth-order valence-electron chi connectivity index (χ4n) is 3.75. The van der Waals surface area contributed by atoms with E-state index in [0.29, 0.717) is 17.2 Å². The molecule has 3 aromatic heterocycles. The first-order valence-electron chi connectivity index (χ1n) is 10.1. The molecule has 5 rings (SSSR count). The number of fused-ring (bicyclic) bond motifs is 1. The molecule has 0 spiro atoms. The number of aromatic nitrogens is 4. The number of anilines is 3. The third kappa shape index (κ3) is 3.46. The van der Waals surface area contributed by atoms with Crippen LogP contribution in [0.15, 0.2) is 73.3 Å². The number of pyridine rings is 1. The predicted octanol–water partition coefficient (Wildman–Crippen LogP) is 4.45. The lowest BCUT2D eigenvalue weighted by atomic mass is 10.1. The maximum atomic E-state index is 13.3. The molecule has 8 heteroatoms. The second-order valence-corrected chi connectivity index (χ2v) is 7.52. The van der Waals surface area contributed by atoms with Crippen LogP contribution in [0.2, 0.25) is 0 Å². The Morgan fingerprint density at radius 3 is 2.66 bits per heavy atom. The first kappa shape index (κ1) is 19.8. The summed E-state index contributed by atoms with van der Waals surface area (Å²) < 4.78 is 17.0. The maximum absolute atomic E-state index is 13.3. The zero-order valence-electron chi connectivity index (χ0n) is 17.3. The van der Waals surface area contributed by atoms with Gasteiger partial charge in [0, 0.05) is 29.2 Å². The van der Waals surface area contributed by atoms with Crippen LogP contribution in [0.4, 0.5) is 21.6 Å². The van der Waals surface area contributed by atoms with Crippen LogP contribution < -0.4 is 11.1 Å². The van der Waals surface area contributed by atoms with Crippen LogP contribution in [0.5, 0.6) is 0 Å². The lowest BCUT2D eigenvalue weighted by Gasteiger charge is -2.13. The van der Waals surface area contributed by atoms with Crippen LogP contribution in [0.3, 0.4) is 0 Å². The van der Waals surface area contributed by atoms with Crippen molar-refractivity contribution >= 4 is 22.8 Å². The number of rotatable bonds is 5. The number of nitrogens with zero attached hydrogens (tertiary/aromatic N) is 4. The van der Waals surface area contributed by atoms with Gasteiger partial charge < -0.3 is 20.7 Å². The van der Waals surface area contributed by atoms with Gasteiger partial charge in [0.05, 0.1) is 30.0 Å². The van der Waals surface area contributed by atoms with Crippen molar-refractivity contribution in [2.24, 2.45) is 0 Å². The summed E-state index contributed by atoms with van der Waals surface area (Å²) in [6.45, 7) is 1.81. The molecule has 32 heavy (non-hydrogen) atoms. The standard InChI is InChI=1S/C24H21FN6O/c1-15-12-30(14-27-15)21-9-8-19(11-17(21)13-32)28-20-3-2-10-31-23(26)22(29-24(20)31)16-4-6-18(25)7-5-16/h2-12,14,28,32H,13,26H2,1H3. The zero-order chi connectivity index (χ0) is 22.2. The molecule has 0 aliphatic rings. The molecule has 0 fully saturated rings. The number of aryl methyl sites for hydroxylation is 1. The highest BCUT2D eigenvalue weighted by Gasteiger charge is 2.15. The molecule has 0 aliphatic heterocycles. The highest BCUT2D eigenvalue weighted by Crippen LogP contribution is 2.31. The van der Waals surface area contributed by atoms with E-state index in [1.807, 2.05) is 54.2 Å². The molecule has 3 heterocycles. The van der Waals surface area contributed by atoms with Crippen molar-refractivity contribution in [3.8, 4) is 16.9 Å². The van der Waals surface area contributed by atoms with Gasteiger partial charge in [-0.25, -0.2) is 14.4 Å². The van der Waals surface area contributed by atoms with Crippen molar-refractivity contribution in [1.29, 1.82) is 0 Å². The van der Waals surface area contributed by atoms with Gasteiger partial charge in [0.25, 0.3) is 0 Å². The summed E-state index contributed by atoms with van der Waals surface area (Å²) >= 11 is 0. The Morgan fingerprint density at radius 1 is 1.12 bits per heavy atom. The minimum Gasteiger partial charge on any atom is -0.392 e. The Kier molecular flexibility index (Phi) is 4.84. The SMILES string of the molecule is Cc1cn(-c2ccc(Nc3cccn4c(N)c(-c5ccc(F)cc5)nc34)cc2CO)cn1. The number of halogens is 1. The number of nitrogens with two attached hydrogens (primary N) is 1. The molecule has 0 aliphatic carbocycles. The molecule has 0 saturated carbocycles. The smallest absolute Gasteiger partial charge is 0.162 e. The number of aliphatic hydroxyl groups excluding tert-OH is 1. The van der Waals surface area contributed by atoms with E-state index in [9.17, 15) is 9.50 Å². The summed E-state index contributed by atoms with van der Waals surface area (Å²) in [7, 11) is 0. The second kappa shape index (κ2) is 7.82. The second-order valence-electron chi connectivity index (χ2n) is 7.52. The fourth-order valence-corrected chi connectivity index (χ4v) is 3.75. The van der Waals surface area contributed by atoms with Gasteiger partial charge in [0.15, 0.2) is 5.65 Å². The van der Waals surface area contributed by atoms with E-state index >= 15 is 0 Å². The van der Waals surface area contributed by atoms with Gasteiger partial charge in [-0.1, -0.05) is 0 Å².